The molecule has 0 spiro atoms. The maximum atomic E-state index is 6.00. The summed E-state index contributed by atoms with van der Waals surface area (Å²) < 4.78 is 6.00. The number of ether oxygens (including phenoxy) is 1. The Morgan fingerprint density at radius 3 is 2.46 bits per heavy atom. The first-order valence-corrected chi connectivity index (χ1v) is 8.82. The lowest BCUT2D eigenvalue weighted by Crippen LogP contribution is -2.16. The summed E-state index contributed by atoms with van der Waals surface area (Å²) in [6.07, 6.45) is 1.97. The van der Waals surface area contributed by atoms with Gasteiger partial charge in [-0.3, -0.25) is 4.99 Å². The predicted molar refractivity (Wildman–Crippen MR) is 102 cm³/mol. The third kappa shape index (κ3) is 4.38. The van der Waals surface area contributed by atoms with Crippen LogP contribution in [0, 0.1) is 6.92 Å². The average Bonchev–Trinajstić information content (AvgIpc) is 2.61. The van der Waals surface area contributed by atoms with Gasteiger partial charge in [0.05, 0.1) is 0 Å². The van der Waals surface area contributed by atoms with Crippen LogP contribution in [0.3, 0.4) is 0 Å². The van der Waals surface area contributed by atoms with E-state index < -0.39 is 0 Å². The highest BCUT2D eigenvalue weighted by molar-refractivity contribution is 8.15. The maximum Gasteiger partial charge on any atom is 0.142 e. The van der Waals surface area contributed by atoms with Crippen molar-refractivity contribution in [1.82, 2.24) is 0 Å². The van der Waals surface area contributed by atoms with Gasteiger partial charge >= 0.3 is 0 Å². The van der Waals surface area contributed by atoms with Gasteiger partial charge in [0.1, 0.15) is 30.2 Å². The van der Waals surface area contributed by atoms with E-state index in [-0.39, 0.29) is 0 Å². The molecule has 0 amide bonds. The van der Waals surface area contributed by atoms with Crippen molar-refractivity contribution < 1.29 is 9.57 Å². The number of oxime groups is 1. The minimum absolute atomic E-state index is 0.454. The highest BCUT2D eigenvalue weighted by atomic mass is 32.2. The molecule has 2 aromatic carbocycles. The summed E-state index contributed by atoms with van der Waals surface area (Å²) in [7, 11) is 3.30. The van der Waals surface area contributed by atoms with Crippen LogP contribution in [0.25, 0.3) is 0 Å². The Labute approximate surface area is 147 Å². The van der Waals surface area contributed by atoms with Crippen molar-refractivity contribution in [3.05, 3.63) is 65.2 Å². The fraction of sp³-hybridized carbons (Fsp3) is 0.263. The number of hydrogen-bond acceptors (Lipinski definition) is 5. The molecule has 2 aromatic rings. The van der Waals surface area contributed by atoms with Crippen LogP contribution in [0.5, 0.6) is 5.75 Å². The van der Waals surface area contributed by atoms with E-state index in [1.165, 1.54) is 11.8 Å². The molecule has 0 fully saturated rings. The topological polar surface area (TPSA) is 43.2 Å². The third-order valence-electron chi connectivity index (χ3n) is 3.53. The lowest BCUT2D eigenvalue weighted by molar-refractivity contribution is 0.214. The van der Waals surface area contributed by atoms with E-state index in [2.05, 4.69) is 10.1 Å². The van der Waals surface area contributed by atoms with E-state index in [0.29, 0.717) is 6.61 Å². The van der Waals surface area contributed by atoms with Gasteiger partial charge in [0, 0.05) is 12.6 Å². The minimum Gasteiger partial charge on any atom is -0.489 e. The van der Waals surface area contributed by atoms with Crippen molar-refractivity contribution in [3.8, 4) is 5.75 Å². The second kappa shape index (κ2) is 9.13. The van der Waals surface area contributed by atoms with Crippen LogP contribution in [-0.2, 0) is 11.4 Å². The van der Waals surface area contributed by atoms with Crippen molar-refractivity contribution in [3.63, 3.8) is 0 Å². The zero-order valence-electron chi connectivity index (χ0n) is 14.4. The average molecular weight is 342 g/mol. The van der Waals surface area contributed by atoms with Crippen LogP contribution in [0.15, 0.2) is 58.7 Å². The molecule has 5 heteroatoms. The van der Waals surface area contributed by atoms with Crippen LogP contribution in [0.4, 0.5) is 0 Å². The molecule has 0 aromatic heterocycles. The molecule has 126 valence electrons. The fourth-order valence-corrected chi connectivity index (χ4v) is 2.86. The molecule has 0 aliphatic heterocycles. The highest BCUT2D eigenvalue weighted by Crippen LogP contribution is 2.21. The number of nitrogens with zero attached hydrogens (tertiary/aromatic N) is 2. The van der Waals surface area contributed by atoms with Gasteiger partial charge in [0.25, 0.3) is 0 Å². The molecule has 0 saturated carbocycles. The van der Waals surface area contributed by atoms with Gasteiger partial charge in [-0.05, 0) is 30.4 Å². The van der Waals surface area contributed by atoms with E-state index in [4.69, 9.17) is 9.57 Å². The minimum atomic E-state index is 0.454. The number of para-hydroxylation sites is 1. The van der Waals surface area contributed by atoms with E-state index in [9.17, 15) is 0 Å². The Bertz CT molecular complexity index is 742. The van der Waals surface area contributed by atoms with Gasteiger partial charge in [0.15, 0.2) is 0 Å². The monoisotopic (exact) mass is 342 g/mol. The number of hydrogen-bond donors (Lipinski definition) is 0. The molecule has 0 unspecified atom stereocenters. The second-order valence-electron chi connectivity index (χ2n) is 5.07. The van der Waals surface area contributed by atoms with Gasteiger partial charge in [0.2, 0.25) is 0 Å². The standard InChI is InChI=1S/C19H22N2O2S/c1-14-9-5-8-12-17(14)23-13-15-10-6-7-11-16(15)18(21-22-3)19(20-2)24-4/h5-12H,13H2,1-4H3/b20-19?,21-18-. The van der Waals surface area contributed by atoms with Crippen LogP contribution in [0.1, 0.15) is 16.7 Å². The number of aliphatic imine (C=N–C) groups is 1. The first-order valence-electron chi connectivity index (χ1n) is 7.60. The first kappa shape index (κ1) is 18.1. The first-order chi connectivity index (χ1) is 11.7. The smallest absolute Gasteiger partial charge is 0.142 e. The predicted octanol–water partition coefficient (Wildman–Crippen LogP) is 4.32. The van der Waals surface area contributed by atoms with Gasteiger partial charge < -0.3 is 9.57 Å². The summed E-state index contributed by atoms with van der Waals surface area (Å²) in [5.74, 6) is 0.881. The SMILES string of the molecule is CN=C(SC)/C(=N\OC)c1ccccc1COc1ccccc1C. The number of aryl methyl sites for hydroxylation is 1. The molecule has 0 aliphatic rings. The van der Waals surface area contributed by atoms with Crippen molar-refractivity contribution in [2.75, 3.05) is 20.4 Å². The Balaban J connectivity index is 2.32. The summed E-state index contributed by atoms with van der Waals surface area (Å²) in [4.78, 5) is 9.34. The molecule has 0 radical (unpaired) electrons. The largest absolute Gasteiger partial charge is 0.489 e. The van der Waals surface area contributed by atoms with Gasteiger partial charge in [-0.25, -0.2) is 0 Å². The van der Waals surface area contributed by atoms with Crippen molar-refractivity contribution in [2.45, 2.75) is 13.5 Å². The third-order valence-corrected chi connectivity index (χ3v) is 4.29. The van der Waals surface area contributed by atoms with E-state index in [0.717, 1.165) is 33.2 Å². The zero-order valence-corrected chi connectivity index (χ0v) is 15.3. The molecule has 0 bridgehead atoms. The number of rotatable bonds is 6. The normalized spacial score (nSPS) is 12.2. The van der Waals surface area contributed by atoms with Gasteiger partial charge in [-0.15, -0.1) is 11.8 Å². The van der Waals surface area contributed by atoms with E-state index in [1.54, 1.807) is 14.2 Å². The summed E-state index contributed by atoms with van der Waals surface area (Å²) in [6.45, 7) is 2.49. The Morgan fingerprint density at radius 2 is 1.79 bits per heavy atom. The summed E-state index contributed by atoms with van der Waals surface area (Å²) in [5, 5.41) is 5.00. The van der Waals surface area contributed by atoms with E-state index >= 15 is 0 Å². The molecule has 0 N–H and O–H groups in total. The number of benzene rings is 2. The van der Waals surface area contributed by atoms with Crippen molar-refractivity contribution in [1.29, 1.82) is 0 Å². The quantitative estimate of drug-likeness (QED) is 0.446. The fourth-order valence-electron chi connectivity index (χ4n) is 2.34. The van der Waals surface area contributed by atoms with Crippen LogP contribution in [0.2, 0.25) is 0 Å². The molecule has 0 atom stereocenters. The van der Waals surface area contributed by atoms with E-state index in [1.807, 2.05) is 61.7 Å². The molecule has 0 heterocycles. The molecule has 0 aliphatic carbocycles. The van der Waals surface area contributed by atoms with Crippen LogP contribution >= 0.6 is 11.8 Å². The zero-order chi connectivity index (χ0) is 17.4. The Kier molecular flexibility index (Phi) is 6.88. The van der Waals surface area contributed by atoms with Crippen LogP contribution < -0.4 is 4.74 Å². The maximum absolute atomic E-state index is 6.00. The second-order valence-corrected chi connectivity index (χ2v) is 5.86. The molecular weight excluding hydrogens is 320 g/mol. The molecular formula is C19H22N2O2S. The lowest BCUT2D eigenvalue weighted by Gasteiger charge is -2.14. The molecule has 2 rings (SSSR count). The van der Waals surface area contributed by atoms with Gasteiger partial charge in [-0.2, -0.15) is 0 Å². The van der Waals surface area contributed by atoms with Crippen molar-refractivity contribution >= 4 is 22.5 Å². The van der Waals surface area contributed by atoms with Crippen LogP contribution in [-0.4, -0.2) is 31.2 Å². The highest BCUT2D eigenvalue weighted by Gasteiger charge is 2.16. The Morgan fingerprint density at radius 1 is 1.08 bits per heavy atom. The summed E-state index contributed by atoms with van der Waals surface area (Å²) in [5.41, 5.74) is 3.83. The summed E-state index contributed by atoms with van der Waals surface area (Å²) in [6, 6.07) is 16.0. The molecule has 24 heavy (non-hydrogen) atoms. The number of thioether (sulfide) groups is 1. The molecule has 0 saturated heterocycles. The van der Waals surface area contributed by atoms with Gasteiger partial charge in [-0.1, -0.05) is 47.6 Å². The lowest BCUT2D eigenvalue weighted by atomic mass is 10.0. The summed E-state index contributed by atoms with van der Waals surface area (Å²) >= 11 is 1.54. The molecule has 4 nitrogen and oxygen atoms in total. The van der Waals surface area contributed by atoms with Crippen molar-refractivity contribution in [2.24, 2.45) is 10.1 Å². The Hall–Kier alpha value is -2.27.